The van der Waals surface area contributed by atoms with Gasteiger partial charge in [-0.15, -0.1) is 0 Å². The lowest BCUT2D eigenvalue weighted by atomic mass is 9.95. The van der Waals surface area contributed by atoms with Crippen LogP contribution in [0.1, 0.15) is 32.1 Å². The minimum Gasteiger partial charge on any atom is -0.325 e. The molecular weight excluding hydrogens is 231 g/mol. The molecule has 2 rings (SSSR count). The third-order valence-electron chi connectivity index (χ3n) is 3.26. The highest BCUT2D eigenvalue weighted by Crippen LogP contribution is 2.17. The number of benzene rings is 1. The highest BCUT2D eigenvalue weighted by atomic mass is 19.1. The van der Waals surface area contributed by atoms with Crippen molar-refractivity contribution >= 4 is 11.6 Å². The summed E-state index contributed by atoms with van der Waals surface area (Å²) in [4.78, 5) is 11.7. The predicted molar refractivity (Wildman–Crippen MR) is 69.9 cm³/mol. The number of amides is 1. The SMILES string of the molecule is O=C(CNC1CCCCC1)Nc1cccc(F)c1. The van der Waals surface area contributed by atoms with Crippen molar-refractivity contribution in [1.82, 2.24) is 5.32 Å². The second kappa shape index (κ2) is 6.50. The minimum atomic E-state index is -0.340. The molecule has 0 saturated heterocycles. The molecule has 0 heterocycles. The van der Waals surface area contributed by atoms with Gasteiger partial charge >= 0.3 is 0 Å². The molecule has 1 aromatic carbocycles. The quantitative estimate of drug-likeness (QED) is 0.862. The number of hydrogen-bond donors (Lipinski definition) is 2. The zero-order chi connectivity index (χ0) is 12.8. The molecule has 2 N–H and O–H groups in total. The molecule has 0 aliphatic heterocycles. The van der Waals surface area contributed by atoms with Gasteiger partial charge in [0.25, 0.3) is 0 Å². The third kappa shape index (κ3) is 4.11. The van der Waals surface area contributed by atoms with Gasteiger partial charge < -0.3 is 10.6 Å². The van der Waals surface area contributed by atoms with Crippen molar-refractivity contribution in [3.63, 3.8) is 0 Å². The van der Waals surface area contributed by atoms with Crippen LogP contribution in [0.5, 0.6) is 0 Å². The van der Waals surface area contributed by atoms with Gasteiger partial charge in [0, 0.05) is 11.7 Å². The number of anilines is 1. The topological polar surface area (TPSA) is 41.1 Å². The molecule has 1 aliphatic rings. The van der Waals surface area contributed by atoms with Gasteiger partial charge in [0.1, 0.15) is 5.82 Å². The van der Waals surface area contributed by atoms with Gasteiger partial charge in [-0.2, -0.15) is 0 Å². The van der Waals surface area contributed by atoms with Gasteiger partial charge in [-0.3, -0.25) is 4.79 Å². The second-order valence-electron chi connectivity index (χ2n) is 4.77. The molecule has 3 nitrogen and oxygen atoms in total. The van der Waals surface area contributed by atoms with Crippen LogP contribution in [0, 0.1) is 5.82 Å². The molecule has 0 aromatic heterocycles. The lowest BCUT2D eigenvalue weighted by Crippen LogP contribution is -2.37. The summed E-state index contributed by atoms with van der Waals surface area (Å²) in [6, 6.07) is 6.40. The molecule has 1 fully saturated rings. The first-order chi connectivity index (χ1) is 8.74. The largest absolute Gasteiger partial charge is 0.325 e. The van der Waals surface area contributed by atoms with E-state index in [1.165, 1.54) is 31.4 Å². The summed E-state index contributed by atoms with van der Waals surface area (Å²) < 4.78 is 12.9. The molecule has 0 atom stereocenters. The molecule has 0 bridgehead atoms. The first kappa shape index (κ1) is 13.0. The Balaban J connectivity index is 1.74. The normalized spacial score (nSPS) is 16.5. The maximum Gasteiger partial charge on any atom is 0.238 e. The van der Waals surface area contributed by atoms with Gasteiger partial charge in [-0.1, -0.05) is 25.3 Å². The number of halogens is 1. The Hall–Kier alpha value is -1.42. The summed E-state index contributed by atoms with van der Waals surface area (Å²) in [5.74, 6) is -0.459. The Morgan fingerprint density at radius 1 is 1.28 bits per heavy atom. The van der Waals surface area contributed by atoms with Crippen molar-refractivity contribution in [3.8, 4) is 0 Å². The Kier molecular flexibility index (Phi) is 4.70. The summed E-state index contributed by atoms with van der Waals surface area (Å²) in [5, 5.41) is 5.93. The Bertz CT molecular complexity index is 403. The average molecular weight is 250 g/mol. The Labute approximate surface area is 107 Å². The summed E-state index contributed by atoms with van der Waals surface area (Å²) in [6.45, 7) is 0.293. The van der Waals surface area contributed by atoms with E-state index in [2.05, 4.69) is 10.6 Å². The predicted octanol–water partition coefficient (Wildman–Crippen LogP) is 2.69. The fraction of sp³-hybridized carbons (Fsp3) is 0.500. The van der Waals surface area contributed by atoms with E-state index < -0.39 is 0 Å². The fourth-order valence-electron chi connectivity index (χ4n) is 2.32. The van der Waals surface area contributed by atoms with Crippen LogP contribution in [-0.4, -0.2) is 18.5 Å². The van der Waals surface area contributed by atoms with Crippen molar-refractivity contribution in [2.75, 3.05) is 11.9 Å². The average Bonchev–Trinajstić information content (AvgIpc) is 2.38. The maximum atomic E-state index is 12.9. The Morgan fingerprint density at radius 2 is 2.06 bits per heavy atom. The number of carbonyl (C=O) groups excluding carboxylic acids is 1. The monoisotopic (exact) mass is 250 g/mol. The highest BCUT2D eigenvalue weighted by Gasteiger charge is 2.13. The van der Waals surface area contributed by atoms with Gasteiger partial charge in [-0.25, -0.2) is 4.39 Å². The van der Waals surface area contributed by atoms with Crippen LogP contribution < -0.4 is 10.6 Å². The third-order valence-corrected chi connectivity index (χ3v) is 3.26. The van der Waals surface area contributed by atoms with Crippen LogP contribution in [-0.2, 0) is 4.79 Å². The first-order valence-electron chi connectivity index (χ1n) is 6.53. The molecule has 0 radical (unpaired) electrons. The number of carbonyl (C=O) groups is 1. The van der Waals surface area contributed by atoms with E-state index in [0.717, 1.165) is 12.8 Å². The smallest absolute Gasteiger partial charge is 0.238 e. The van der Waals surface area contributed by atoms with Crippen molar-refractivity contribution < 1.29 is 9.18 Å². The lowest BCUT2D eigenvalue weighted by Gasteiger charge is -2.22. The number of hydrogen-bond acceptors (Lipinski definition) is 2. The number of nitrogens with one attached hydrogen (secondary N) is 2. The van der Waals surface area contributed by atoms with Crippen LogP contribution in [0.25, 0.3) is 0 Å². The summed E-state index contributed by atoms with van der Waals surface area (Å²) in [6.07, 6.45) is 6.07. The van der Waals surface area contributed by atoms with Gasteiger partial charge in [0.2, 0.25) is 5.91 Å². The van der Waals surface area contributed by atoms with Crippen LogP contribution in [0.4, 0.5) is 10.1 Å². The standard InChI is InChI=1S/C14H19FN2O/c15-11-5-4-8-13(9-11)17-14(18)10-16-12-6-2-1-3-7-12/h4-5,8-9,12,16H,1-3,6-7,10H2,(H,17,18). The second-order valence-corrected chi connectivity index (χ2v) is 4.77. The van der Waals surface area contributed by atoms with Crippen LogP contribution >= 0.6 is 0 Å². The molecule has 1 aliphatic carbocycles. The van der Waals surface area contributed by atoms with Crippen LogP contribution in [0.2, 0.25) is 0 Å². The summed E-state index contributed by atoms with van der Waals surface area (Å²) in [5.41, 5.74) is 0.505. The van der Waals surface area contributed by atoms with E-state index in [1.54, 1.807) is 12.1 Å². The van der Waals surface area contributed by atoms with Crippen LogP contribution in [0.3, 0.4) is 0 Å². The van der Waals surface area contributed by atoms with Crippen molar-refractivity contribution in [2.24, 2.45) is 0 Å². The van der Waals surface area contributed by atoms with E-state index in [-0.39, 0.29) is 11.7 Å². The zero-order valence-corrected chi connectivity index (χ0v) is 10.4. The molecule has 1 aromatic rings. The van der Waals surface area contributed by atoms with Gasteiger partial charge in [0.15, 0.2) is 0 Å². The molecule has 0 spiro atoms. The molecule has 1 saturated carbocycles. The molecule has 98 valence electrons. The highest BCUT2D eigenvalue weighted by molar-refractivity contribution is 5.92. The molecular formula is C14H19FN2O. The van der Waals surface area contributed by atoms with E-state index >= 15 is 0 Å². The zero-order valence-electron chi connectivity index (χ0n) is 10.4. The van der Waals surface area contributed by atoms with E-state index in [9.17, 15) is 9.18 Å². The molecule has 1 amide bonds. The fourth-order valence-corrected chi connectivity index (χ4v) is 2.32. The maximum absolute atomic E-state index is 12.9. The van der Waals surface area contributed by atoms with E-state index in [4.69, 9.17) is 0 Å². The van der Waals surface area contributed by atoms with Crippen molar-refractivity contribution in [1.29, 1.82) is 0 Å². The van der Waals surface area contributed by atoms with Gasteiger partial charge in [0.05, 0.1) is 6.54 Å². The minimum absolute atomic E-state index is 0.119. The Morgan fingerprint density at radius 3 is 2.78 bits per heavy atom. The molecule has 0 unspecified atom stereocenters. The van der Waals surface area contributed by atoms with Crippen LogP contribution in [0.15, 0.2) is 24.3 Å². The number of rotatable bonds is 4. The molecule has 18 heavy (non-hydrogen) atoms. The lowest BCUT2D eigenvalue weighted by molar-refractivity contribution is -0.115. The summed E-state index contributed by atoms with van der Waals surface area (Å²) in [7, 11) is 0. The molecule has 4 heteroatoms. The first-order valence-corrected chi connectivity index (χ1v) is 6.53. The van der Waals surface area contributed by atoms with Gasteiger partial charge in [-0.05, 0) is 31.0 Å². The summed E-state index contributed by atoms with van der Waals surface area (Å²) >= 11 is 0. The van der Waals surface area contributed by atoms with Crippen molar-refractivity contribution in [2.45, 2.75) is 38.1 Å². The van der Waals surface area contributed by atoms with E-state index in [0.29, 0.717) is 18.3 Å². The van der Waals surface area contributed by atoms with E-state index in [1.807, 2.05) is 0 Å². The van der Waals surface area contributed by atoms with Crippen molar-refractivity contribution in [3.05, 3.63) is 30.1 Å².